The van der Waals surface area contributed by atoms with Crippen molar-refractivity contribution in [3.8, 4) is 11.1 Å². The summed E-state index contributed by atoms with van der Waals surface area (Å²) in [4.78, 5) is 18.8. The third-order valence-electron chi connectivity index (χ3n) is 3.67. The van der Waals surface area contributed by atoms with Crippen LogP contribution < -0.4 is 11.1 Å². The van der Waals surface area contributed by atoms with Crippen molar-refractivity contribution in [2.75, 3.05) is 11.1 Å². The van der Waals surface area contributed by atoms with E-state index in [1.54, 1.807) is 30.3 Å². The number of nitrogen functional groups attached to an aromatic ring is 1. The molecular weight excluding hydrogens is 377 g/mol. The largest absolute Gasteiger partial charge is 0.375 e. The van der Waals surface area contributed by atoms with E-state index < -0.39 is 4.92 Å². The number of nitrogens with zero attached hydrogens (tertiary/aromatic N) is 3. The Bertz CT molecular complexity index is 964. The third kappa shape index (κ3) is 4.01. The summed E-state index contributed by atoms with van der Waals surface area (Å²) in [5.74, 6) is 0.142. The summed E-state index contributed by atoms with van der Waals surface area (Å²) in [5.41, 5.74) is 7.91. The van der Waals surface area contributed by atoms with Crippen molar-refractivity contribution in [2.45, 2.75) is 6.54 Å². The van der Waals surface area contributed by atoms with Crippen LogP contribution in [0.15, 0.2) is 48.8 Å². The standard InChI is InChI=1S/C17H13Cl2N5O2/c18-13-3-1-10(5-14(13)19)7-21-15-4-2-11(6-16(15)24(25)26)12-8-22-17(20)23-9-12/h1-6,8-9,21H,7H2,(H2,20,22,23). The average Bonchev–Trinajstić information content (AvgIpc) is 2.63. The van der Waals surface area contributed by atoms with E-state index in [9.17, 15) is 10.1 Å². The molecule has 0 atom stereocenters. The first-order valence-electron chi connectivity index (χ1n) is 7.48. The van der Waals surface area contributed by atoms with Gasteiger partial charge in [0.25, 0.3) is 5.69 Å². The van der Waals surface area contributed by atoms with Crippen molar-refractivity contribution in [3.05, 3.63) is 74.5 Å². The maximum Gasteiger partial charge on any atom is 0.292 e. The van der Waals surface area contributed by atoms with Crippen molar-refractivity contribution in [3.63, 3.8) is 0 Å². The van der Waals surface area contributed by atoms with Gasteiger partial charge in [-0.1, -0.05) is 35.3 Å². The molecule has 0 aliphatic heterocycles. The number of nitro benzene ring substituents is 1. The van der Waals surface area contributed by atoms with Gasteiger partial charge in [0.15, 0.2) is 0 Å². The van der Waals surface area contributed by atoms with Crippen molar-refractivity contribution in [1.29, 1.82) is 0 Å². The number of nitrogens with one attached hydrogen (secondary N) is 1. The molecule has 9 heteroatoms. The fraction of sp³-hybridized carbons (Fsp3) is 0.0588. The van der Waals surface area contributed by atoms with Crippen molar-refractivity contribution < 1.29 is 4.92 Å². The van der Waals surface area contributed by atoms with Crippen LogP contribution in [0.2, 0.25) is 10.0 Å². The number of hydrogen-bond acceptors (Lipinski definition) is 6. The van der Waals surface area contributed by atoms with Gasteiger partial charge >= 0.3 is 0 Å². The second-order valence-electron chi connectivity index (χ2n) is 5.42. The van der Waals surface area contributed by atoms with Crippen molar-refractivity contribution in [1.82, 2.24) is 9.97 Å². The Balaban J connectivity index is 1.86. The van der Waals surface area contributed by atoms with Gasteiger partial charge in [-0.05, 0) is 29.3 Å². The third-order valence-corrected chi connectivity index (χ3v) is 4.41. The van der Waals surface area contributed by atoms with Crippen LogP contribution in [0.3, 0.4) is 0 Å². The Morgan fingerprint density at radius 3 is 2.42 bits per heavy atom. The first-order valence-corrected chi connectivity index (χ1v) is 8.24. The lowest BCUT2D eigenvalue weighted by atomic mass is 10.1. The number of benzene rings is 2. The molecule has 26 heavy (non-hydrogen) atoms. The van der Waals surface area contributed by atoms with Crippen LogP contribution in [0.1, 0.15) is 5.56 Å². The zero-order valence-electron chi connectivity index (χ0n) is 13.3. The molecule has 0 aliphatic carbocycles. The number of aromatic nitrogens is 2. The van der Waals surface area contributed by atoms with E-state index in [1.165, 1.54) is 18.5 Å². The smallest absolute Gasteiger partial charge is 0.292 e. The number of rotatable bonds is 5. The molecule has 0 unspecified atom stereocenters. The van der Waals surface area contributed by atoms with Crippen LogP contribution in [-0.4, -0.2) is 14.9 Å². The maximum absolute atomic E-state index is 11.4. The highest BCUT2D eigenvalue weighted by molar-refractivity contribution is 6.42. The van der Waals surface area contributed by atoms with Gasteiger partial charge in [-0.3, -0.25) is 10.1 Å². The SMILES string of the molecule is Nc1ncc(-c2ccc(NCc3ccc(Cl)c(Cl)c3)c([N+](=O)[O-])c2)cn1. The summed E-state index contributed by atoms with van der Waals surface area (Å²) in [6, 6.07) is 10.0. The zero-order chi connectivity index (χ0) is 18.7. The highest BCUT2D eigenvalue weighted by Crippen LogP contribution is 2.31. The minimum atomic E-state index is -0.446. The average molecular weight is 390 g/mol. The second kappa shape index (κ2) is 7.55. The van der Waals surface area contributed by atoms with E-state index in [1.807, 2.05) is 0 Å². The van der Waals surface area contributed by atoms with Gasteiger partial charge < -0.3 is 11.1 Å². The molecule has 1 heterocycles. The molecule has 0 saturated heterocycles. The van der Waals surface area contributed by atoms with Gasteiger partial charge in [0.05, 0.1) is 15.0 Å². The Morgan fingerprint density at radius 1 is 1.04 bits per heavy atom. The Morgan fingerprint density at radius 2 is 1.77 bits per heavy atom. The summed E-state index contributed by atoms with van der Waals surface area (Å²) in [7, 11) is 0. The monoisotopic (exact) mass is 389 g/mol. The Kier molecular flexibility index (Phi) is 5.20. The van der Waals surface area contributed by atoms with E-state index in [-0.39, 0.29) is 11.6 Å². The molecule has 3 aromatic rings. The molecule has 7 nitrogen and oxygen atoms in total. The predicted molar refractivity (Wildman–Crippen MR) is 102 cm³/mol. The summed E-state index contributed by atoms with van der Waals surface area (Å²) in [6.45, 7) is 0.363. The van der Waals surface area contributed by atoms with Gasteiger partial charge in [0.1, 0.15) is 5.69 Å². The molecule has 0 radical (unpaired) electrons. The second-order valence-corrected chi connectivity index (χ2v) is 6.24. The molecule has 3 N–H and O–H groups in total. The zero-order valence-corrected chi connectivity index (χ0v) is 14.8. The lowest BCUT2D eigenvalue weighted by molar-refractivity contribution is -0.383. The van der Waals surface area contributed by atoms with E-state index in [0.29, 0.717) is 33.4 Å². The van der Waals surface area contributed by atoms with Crippen molar-refractivity contribution >= 4 is 40.5 Å². The van der Waals surface area contributed by atoms with E-state index >= 15 is 0 Å². The number of halogens is 2. The van der Waals surface area contributed by atoms with Crippen LogP contribution in [0, 0.1) is 10.1 Å². The van der Waals surface area contributed by atoms with Gasteiger partial charge in [0.2, 0.25) is 5.95 Å². The molecule has 0 fully saturated rings. The summed E-state index contributed by atoms with van der Waals surface area (Å²) < 4.78 is 0. The molecule has 1 aromatic heterocycles. The lowest BCUT2D eigenvalue weighted by Crippen LogP contribution is -2.03. The highest BCUT2D eigenvalue weighted by atomic mass is 35.5. The summed E-state index contributed by atoms with van der Waals surface area (Å²) in [6.07, 6.45) is 3.04. The maximum atomic E-state index is 11.4. The normalized spacial score (nSPS) is 10.5. The number of nitrogens with two attached hydrogens (primary N) is 1. The molecular formula is C17H13Cl2N5O2. The molecule has 2 aromatic carbocycles. The van der Waals surface area contributed by atoms with E-state index in [0.717, 1.165) is 5.56 Å². The Hall–Kier alpha value is -2.90. The van der Waals surface area contributed by atoms with Crippen LogP contribution >= 0.6 is 23.2 Å². The molecule has 0 bridgehead atoms. The fourth-order valence-corrected chi connectivity index (χ4v) is 2.67. The first kappa shape index (κ1) is 17.9. The number of anilines is 2. The highest BCUT2D eigenvalue weighted by Gasteiger charge is 2.15. The molecule has 3 rings (SSSR count). The quantitative estimate of drug-likeness (QED) is 0.489. The lowest BCUT2D eigenvalue weighted by Gasteiger charge is -2.10. The fourth-order valence-electron chi connectivity index (χ4n) is 2.35. The van der Waals surface area contributed by atoms with Crippen LogP contribution in [-0.2, 0) is 6.54 Å². The van der Waals surface area contributed by atoms with E-state index in [2.05, 4.69) is 15.3 Å². The molecule has 0 aliphatic rings. The minimum absolute atomic E-state index is 0.0561. The molecule has 0 amide bonds. The van der Waals surface area contributed by atoms with E-state index in [4.69, 9.17) is 28.9 Å². The van der Waals surface area contributed by atoms with Gasteiger partial charge in [-0.25, -0.2) is 9.97 Å². The summed E-state index contributed by atoms with van der Waals surface area (Å²) >= 11 is 11.9. The number of hydrogen-bond donors (Lipinski definition) is 2. The first-order chi connectivity index (χ1) is 12.4. The topological polar surface area (TPSA) is 107 Å². The minimum Gasteiger partial charge on any atom is -0.375 e. The predicted octanol–water partition coefficient (Wildman–Crippen LogP) is 4.55. The van der Waals surface area contributed by atoms with Crippen LogP contribution in [0.4, 0.5) is 17.3 Å². The molecule has 0 spiro atoms. The van der Waals surface area contributed by atoms with Crippen LogP contribution in [0.25, 0.3) is 11.1 Å². The Labute approximate surface area is 158 Å². The summed E-state index contributed by atoms with van der Waals surface area (Å²) in [5, 5.41) is 15.4. The van der Waals surface area contributed by atoms with Crippen LogP contribution in [0.5, 0.6) is 0 Å². The number of nitro groups is 1. The van der Waals surface area contributed by atoms with Gasteiger partial charge in [-0.2, -0.15) is 0 Å². The van der Waals surface area contributed by atoms with Crippen molar-refractivity contribution in [2.24, 2.45) is 0 Å². The molecule has 132 valence electrons. The molecule has 0 saturated carbocycles. The van der Waals surface area contributed by atoms with Gasteiger partial charge in [-0.15, -0.1) is 0 Å². The van der Waals surface area contributed by atoms with Gasteiger partial charge in [0, 0.05) is 30.6 Å².